The van der Waals surface area contributed by atoms with E-state index in [4.69, 9.17) is 5.11 Å². The Labute approximate surface area is 127 Å². The molecule has 0 aliphatic rings. The van der Waals surface area contributed by atoms with Crippen LogP contribution in [0.4, 0.5) is 5.69 Å². The van der Waals surface area contributed by atoms with Crippen LogP contribution in [0.25, 0.3) is 0 Å². The summed E-state index contributed by atoms with van der Waals surface area (Å²) >= 11 is 1.71. The molecule has 0 saturated carbocycles. The summed E-state index contributed by atoms with van der Waals surface area (Å²) in [7, 11) is 0. The standard InChI is InChI=1S/C16H17NO3S/c18-15(5-1-3-14-4-2-10-21-14)17-13-8-6-12(7-9-13)11-16(19)20/h2,4,6-10H,1,3,5,11H2,(H,17,18)(H,19,20). The average molecular weight is 303 g/mol. The summed E-state index contributed by atoms with van der Waals surface area (Å²) in [6, 6.07) is 11.0. The van der Waals surface area contributed by atoms with E-state index in [0.29, 0.717) is 12.1 Å². The topological polar surface area (TPSA) is 66.4 Å². The monoisotopic (exact) mass is 303 g/mol. The van der Waals surface area contributed by atoms with Crippen LogP contribution >= 0.6 is 11.3 Å². The largest absolute Gasteiger partial charge is 0.481 e. The molecule has 5 heteroatoms. The number of rotatable bonds is 7. The Hall–Kier alpha value is -2.14. The third-order valence-corrected chi connectivity index (χ3v) is 3.94. The molecule has 1 aromatic heterocycles. The number of amides is 1. The van der Waals surface area contributed by atoms with Gasteiger partial charge in [0.25, 0.3) is 0 Å². The lowest BCUT2D eigenvalue weighted by Gasteiger charge is -2.06. The van der Waals surface area contributed by atoms with E-state index in [2.05, 4.69) is 11.4 Å². The van der Waals surface area contributed by atoms with Gasteiger partial charge in [-0.15, -0.1) is 11.3 Å². The van der Waals surface area contributed by atoms with E-state index in [1.165, 1.54) is 4.88 Å². The van der Waals surface area contributed by atoms with Gasteiger partial charge in [-0.05, 0) is 42.0 Å². The summed E-state index contributed by atoms with van der Waals surface area (Å²) in [4.78, 5) is 23.7. The highest BCUT2D eigenvalue weighted by atomic mass is 32.1. The van der Waals surface area contributed by atoms with E-state index in [0.717, 1.165) is 18.4 Å². The van der Waals surface area contributed by atoms with Gasteiger partial charge < -0.3 is 10.4 Å². The van der Waals surface area contributed by atoms with Gasteiger partial charge in [-0.25, -0.2) is 0 Å². The molecule has 0 radical (unpaired) electrons. The Bertz CT molecular complexity index is 590. The number of hydrogen-bond donors (Lipinski definition) is 2. The maximum Gasteiger partial charge on any atom is 0.307 e. The highest BCUT2D eigenvalue weighted by molar-refractivity contribution is 7.09. The average Bonchev–Trinajstić information content (AvgIpc) is 2.93. The Morgan fingerprint density at radius 1 is 1.14 bits per heavy atom. The predicted octanol–water partition coefficient (Wildman–Crippen LogP) is 3.34. The van der Waals surface area contributed by atoms with Gasteiger partial charge in [0, 0.05) is 17.0 Å². The van der Waals surface area contributed by atoms with Crippen molar-refractivity contribution >= 4 is 28.9 Å². The van der Waals surface area contributed by atoms with Gasteiger partial charge in [0.05, 0.1) is 6.42 Å². The van der Waals surface area contributed by atoms with Gasteiger partial charge in [0.2, 0.25) is 5.91 Å². The number of benzene rings is 1. The lowest BCUT2D eigenvalue weighted by atomic mass is 10.1. The molecule has 0 aliphatic heterocycles. The maximum atomic E-state index is 11.8. The molecular weight excluding hydrogens is 286 g/mol. The Kier molecular flexibility index (Phi) is 5.51. The van der Waals surface area contributed by atoms with Gasteiger partial charge >= 0.3 is 5.97 Å². The fraction of sp³-hybridized carbons (Fsp3) is 0.250. The van der Waals surface area contributed by atoms with Gasteiger partial charge in [-0.3, -0.25) is 9.59 Å². The zero-order chi connectivity index (χ0) is 15.1. The molecule has 110 valence electrons. The second-order valence-electron chi connectivity index (χ2n) is 4.75. The quantitative estimate of drug-likeness (QED) is 0.824. The Morgan fingerprint density at radius 2 is 1.90 bits per heavy atom. The molecule has 1 heterocycles. The van der Waals surface area contributed by atoms with Crippen molar-refractivity contribution in [2.45, 2.75) is 25.7 Å². The molecule has 0 unspecified atom stereocenters. The van der Waals surface area contributed by atoms with E-state index >= 15 is 0 Å². The van der Waals surface area contributed by atoms with Gasteiger partial charge in [0.1, 0.15) is 0 Å². The molecule has 21 heavy (non-hydrogen) atoms. The highest BCUT2D eigenvalue weighted by Crippen LogP contribution is 2.14. The predicted molar refractivity (Wildman–Crippen MR) is 83.7 cm³/mol. The third-order valence-electron chi connectivity index (χ3n) is 3.00. The number of carboxylic acid groups (broad SMARTS) is 1. The first kappa shape index (κ1) is 15.3. The maximum absolute atomic E-state index is 11.8. The first-order valence-electron chi connectivity index (χ1n) is 6.76. The van der Waals surface area contributed by atoms with E-state index < -0.39 is 5.97 Å². The number of thiophene rings is 1. The fourth-order valence-corrected chi connectivity index (χ4v) is 2.73. The first-order chi connectivity index (χ1) is 10.1. The van der Waals surface area contributed by atoms with Crippen molar-refractivity contribution < 1.29 is 14.7 Å². The minimum Gasteiger partial charge on any atom is -0.481 e. The second kappa shape index (κ2) is 7.59. The van der Waals surface area contributed by atoms with Crippen LogP contribution in [-0.4, -0.2) is 17.0 Å². The molecule has 0 bridgehead atoms. The van der Waals surface area contributed by atoms with E-state index in [1.54, 1.807) is 35.6 Å². The molecular formula is C16H17NO3S. The van der Waals surface area contributed by atoms with Gasteiger partial charge in [-0.2, -0.15) is 0 Å². The van der Waals surface area contributed by atoms with Crippen LogP contribution < -0.4 is 5.32 Å². The molecule has 0 fully saturated rings. The zero-order valence-corrected chi connectivity index (χ0v) is 12.4. The molecule has 1 amide bonds. The van der Waals surface area contributed by atoms with Crippen LogP contribution in [0.15, 0.2) is 41.8 Å². The summed E-state index contributed by atoms with van der Waals surface area (Å²) < 4.78 is 0. The van der Waals surface area contributed by atoms with Crippen LogP contribution in [0.1, 0.15) is 23.3 Å². The van der Waals surface area contributed by atoms with Crippen LogP contribution in [-0.2, 0) is 22.4 Å². The highest BCUT2D eigenvalue weighted by Gasteiger charge is 2.04. The minimum atomic E-state index is -0.861. The van der Waals surface area contributed by atoms with Crippen molar-refractivity contribution in [1.29, 1.82) is 0 Å². The number of carbonyl (C=O) groups excluding carboxylic acids is 1. The number of aliphatic carboxylic acids is 1. The van der Waals surface area contributed by atoms with Crippen LogP contribution in [0, 0.1) is 0 Å². The molecule has 1 aromatic carbocycles. The van der Waals surface area contributed by atoms with Crippen molar-refractivity contribution in [2.24, 2.45) is 0 Å². The summed E-state index contributed by atoms with van der Waals surface area (Å²) in [6.45, 7) is 0. The summed E-state index contributed by atoms with van der Waals surface area (Å²) in [5.74, 6) is -0.877. The molecule has 0 saturated heterocycles. The normalized spacial score (nSPS) is 10.3. The molecule has 2 aromatic rings. The molecule has 0 spiro atoms. The zero-order valence-electron chi connectivity index (χ0n) is 11.5. The van der Waals surface area contributed by atoms with Crippen LogP contribution in [0.2, 0.25) is 0 Å². The molecule has 4 nitrogen and oxygen atoms in total. The molecule has 0 aliphatic carbocycles. The molecule has 2 N–H and O–H groups in total. The van der Waals surface area contributed by atoms with Crippen molar-refractivity contribution in [1.82, 2.24) is 0 Å². The number of carboxylic acids is 1. The molecule has 2 rings (SSSR count). The van der Waals surface area contributed by atoms with E-state index in [-0.39, 0.29) is 12.3 Å². The van der Waals surface area contributed by atoms with Crippen LogP contribution in [0.3, 0.4) is 0 Å². The summed E-state index contributed by atoms with van der Waals surface area (Å²) in [6.07, 6.45) is 2.22. The number of nitrogens with one attached hydrogen (secondary N) is 1. The Balaban J connectivity index is 1.75. The van der Waals surface area contributed by atoms with Crippen LogP contribution in [0.5, 0.6) is 0 Å². The smallest absolute Gasteiger partial charge is 0.307 e. The van der Waals surface area contributed by atoms with Gasteiger partial charge in [-0.1, -0.05) is 18.2 Å². The van der Waals surface area contributed by atoms with Crippen molar-refractivity contribution in [3.8, 4) is 0 Å². The molecule has 0 atom stereocenters. The lowest BCUT2D eigenvalue weighted by molar-refractivity contribution is -0.136. The lowest BCUT2D eigenvalue weighted by Crippen LogP contribution is -2.11. The van der Waals surface area contributed by atoms with Gasteiger partial charge in [0.15, 0.2) is 0 Å². The summed E-state index contributed by atoms with van der Waals surface area (Å²) in [5.41, 5.74) is 1.42. The Morgan fingerprint density at radius 3 is 2.52 bits per heavy atom. The minimum absolute atomic E-state index is 0.00492. The summed E-state index contributed by atoms with van der Waals surface area (Å²) in [5, 5.41) is 13.5. The number of hydrogen-bond acceptors (Lipinski definition) is 3. The first-order valence-corrected chi connectivity index (χ1v) is 7.64. The van der Waals surface area contributed by atoms with Crippen molar-refractivity contribution in [2.75, 3.05) is 5.32 Å². The van der Waals surface area contributed by atoms with E-state index in [9.17, 15) is 9.59 Å². The second-order valence-corrected chi connectivity index (χ2v) is 5.78. The SMILES string of the molecule is O=C(O)Cc1ccc(NC(=O)CCCc2cccs2)cc1. The fourth-order valence-electron chi connectivity index (χ4n) is 1.98. The third kappa shape index (κ3) is 5.39. The number of aryl methyl sites for hydroxylation is 1. The number of anilines is 1. The van der Waals surface area contributed by atoms with Crippen molar-refractivity contribution in [3.63, 3.8) is 0 Å². The van der Waals surface area contributed by atoms with E-state index in [1.807, 2.05) is 11.4 Å². The number of carbonyl (C=O) groups is 2. The van der Waals surface area contributed by atoms with Crippen molar-refractivity contribution in [3.05, 3.63) is 52.2 Å².